The van der Waals surface area contributed by atoms with E-state index >= 15 is 0 Å². The first-order valence-electron chi connectivity index (χ1n) is 17.3. The Morgan fingerprint density at radius 3 is 2.40 bits per heavy atom. The standard InChI is InChI=1S/C40H30ClF3N8O4S/c1-50-36-33(14-12-28(41)35(36)38(48-50)49-57(2,55)56)52-39(47-37-27(40(52)54)11-13-30(46-37)26-8-4-5-9-29(26)44)31(19-22-17-24(42)20-25(43)18-22)45-34(53)21-51-16-15-23-7-3-6-10-32(23)51/h3-18,20,31H,19,21H2,1-2H3,(H,45,53)(H,48,49)/t31-/m0/s1. The van der Waals surface area contributed by atoms with Crippen LogP contribution in [0.1, 0.15) is 17.4 Å². The second kappa shape index (κ2) is 14.5. The monoisotopic (exact) mass is 810 g/mol. The number of halogens is 4. The molecule has 4 heterocycles. The molecule has 0 fully saturated rings. The van der Waals surface area contributed by atoms with E-state index in [1.54, 1.807) is 16.8 Å². The molecular weight excluding hydrogens is 781 g/mol. The van der Waals surface area contributed by atoms with Crippen molar-refractivity contribution in [3.05, 3.63) is 147 Å². The minimum Gasteiger partial charge on any atom is -0.344 e. The van der Waals surface area contributed by atoms with Crippen LogP contribution in [0.4, 0.5) is 19.0 Å². The third-order valence-electron chi connectivity index (χ3n) is 9.35. The number of amides is 1. The number of hydrogen-bond donors (Lipinski definition) is 2. The maximum Gasteiger partial charge on any atom is 0.267 e. The smallest absolute Gasteiger partial charge is 0.267 e. The fourth-order valence-electron chi connectivity index (χ4n) is 7.00. The summed E-state index contributed by atoms with van der Waals surface area (Å²) in [4.78, 5) is 38.3. The number of carbonyl (C=O) groups is 1. The summed E-state index contributed by atoms with van der Waals surface area (Å²) in [7, 11) is -2.32. The molecule has 8 rings (SSSR count). The van der Waals surface area contributed by atoms with Crippen LogP contribution in [0.3, 0.4) is 0 Å². The lowest BCUT2D eigenvalue weighted by Crippen LogP contribution is -2.37. The summed E-state index contributed by atoms with van der Waals surface area (Å²) in [5.74, 6) is -3.06. The molecule has 0 saturated carbocycles. The van der Waals surface area contributed by atoms with Crippen LogP contribution in [-0.4, -0.2) is 49.5 Å². The molecule has 2 N–H and O–H groups in total. The molecular formula is C40H30ClF3N8O4S. The van der Waals surface area contributed by atoms with Gasteiger partial charge >= 0.3 is 0 Å². The van der Waals surface area contributed by atoms with Crippen LogP contribution in [-0.2, 0) is 34.8 Å². The highest BCUT2D eigenvalue weighted by molar-refractivity contribution is 7.92. The lowest BCUT2D eigenvalue weighted by atomic mass is 10.0. The van der Waals surface area contributed by atoms with Gasteiger partial charge in [-0.15, -0.1) is 0 Å². The molecule has 0 spiro atoms. The lowest BCUT2D eigenvalue weighted by molar-refractivity contribution is -0.122. The van der Waals surface area contributed by atoms with Crippen LogP contribution in [0.25, 0.3) is 49.8 Å². The molecule has 288 valence electrons. The summed E-state index contributed by atoms with van der Waals surface area (Å²) < 4.78 is 75.6. The SMILES string of the molecule is Cn1nc(NS(C)(=O)=O)c2c(Cl)ccc(-n3c([C@H](Cc4cc(F)cc(F)c4)NC(=O)Cn4ccc5ccccc54)nc4nc(-c5ccccc5F)ccc4c3=O)c21. The van der Waals surface area contributed by atoms with Gasteiger partial charge in [0.1, 0.15) is 29.8 Å². The second-order valence-corrected chi connectivity index (χ2v) is 15.6. The van der Waals surface area contributed by atoms with Gasteiger partial charge in [-0.3, -0.25) is 23.6 Å². The summed E-state index contributed by atoms with van der Waals surface area (Å²) in [5, 5.41) is 8.43. The van der Waals surface area contributed by atoms with Crippen molar-refractivity contribution in [1.82, 2.24) is 34.2 Å². The molecule has 0 saturated heterocycles. The van der Waals surface area contributed by atoms with E-state index in [-0.39, 0.29) is 74.1 Å². The van der Waals surface area contributed by atoms with Gasteiger partial charge in [-0.05, 0) is 71.6 Å². The zero-order chi connectivity index (χ0) is 40.2. The molecule has 17 heteroatoms. The summed E-state index contributed by atoms with van der Waals surface area (Å²) in [5.41, 5.74) is 0.745. The Morgan fingerprint density at radius 2 is 1.65 bits per heavy atom. The first-order valence-corrected chi connectivity index (χ1v) is 19.6. The van der Waals surface area contributed by atoms with Crippen LogP contribution in [0.2, 0.25) is 5.02 Å². The fraction of sp³-hybridized carbons (Fsp3) is 0.125. The number of anilines is 1. The maximum atomic E-state index is 15.0. The molecule has 0 radical (unpaired) electrons. The first kappa shape index (κ1) is 37.4. The Morgan fingerprint density at radius 1 is 0.912 bits per heavy atom. The van der Waals surface area contributed by atoms with Gasteiger partial charge in [-0.2, -0.15) is 5.10 Å². The molecule has 57 heavy (non-hydrogen) atoms. The Labute approximate surface area is 327 Å². The van der Waals surface area contributed by atoms with Gasteiger partial charge in [-0.1, -0.05) is 41.9 Å². The second-order valence-electron chi connectivity index (χ2n) is 13.4. The Balaban J connectivity index is 1.38. The van der Waals surface area contributed by atoms with E-state index in [9.17, 15) is 31.2 Å². The number of nitrogens with one attached hydrogen (secondary N) is 2. The predicted molar refractivity (Wildman–Crippen MR) is 211 cm³/mol. The zero-order valence-electron chi connectivity index (χ0n) is 30.0. The molecule has 4 aromatic carbocycles. The highest BCUT2D eigenvalue weighted by Gasteiger charge is 2.28. The fourth-order valence-corrected chi connectivity index (χ4v) is 7.74. The van der Waals surface area contributed by atoms with Crippen molar-refractivity contribution >= 4 is 66.2 Å². The predicted octanol–water partition coefficient (Wildman–Crippen LogP) is 6.83. The van der Waals surface area contributed by atoms with E-state index in [0.717, 1.165) is 29.3 Å². The van der Waals surface area contributed by atoms with E-state index in [0.29, 0.717) is 6.07 Å². The van der Waals surface area contributed by atoms with Crippen LogP contribution in [0.15, 0.2) is 108 Å². The van der Waals surface area contributed by atoms with Crippen molar-refractivity contribution in [3.63, 3.8) is 0 Å². The van der Waals surface area contributed by atoms with Crippen LogP contribution >= 0.6 is 11.6 Å². The van der Waals surface area contributed by atoms with Gasteiger partial charge in [0.15, 0.2) is 11.5 Å². The van der Waals surface area contributed by atoms with Gasteiger partial charge in [0, 0.05) is 36.8 Å². The molecule has 1 amide bonds. The average Bonchev–Trinajstić information content (AvgIpc) is 3.70. The molecule has 0 unspecified atom stereocenters. The molecule has 0 bridgehead atoms. The van der Waals surface area contributed by atoms with E-state index < -0.39 is 45.0 Å². The summed E-state index contributed by atoms with van der Waals surface area (Å²) in [6, 6.07) is 22.8. The van der Waals surface area contributed by atoms with Gasteiger partial charge < -0.3 is 9.88 Å². The van der Waals surface area contributed by atoms with Crippen molar-refractivity contribution in [2.45, 2.75) is 19.0 Å². The number of rotatable bonds is 10. The number of carbonyl (C=O) groups excluding carboxylic acids is 1. The minimum atomic E-state index is -3.84. The van der Waals surface area contributed by atoms with E-state index in [1.165, 1.54) is 58.8 Å². The summed E-state index contributed by atoms with van der Waals surface area (Å²) in [6.45, 7) is -0.178. The topological polar surface area (TPSA) is 146 Å². The number of nitrogens with zero attached hydrogens (tertiary/aromatic N) is 6. The van der Waals surface area contributed by atoms with Crippen molar-refractivity contribution in [3.8, 4) is 16.9 Å². The Kier molecular flexibility index (Phi) is 9.53. The van der Waals surface area contributed by atoms with Gasteiger partial charge in [0.05, 0.1) is 45.0 Å². The normalized spacial score (nSPS) is 12.4. The average molecular weight is 811 g/mol. The molecule has 1 atom stereocenters. The quantitative estimate of drug-likeness (QED) is 0.154. The lowest BCUT2D eigenvalue weighted by Gasteiger charge is -2.24. The Bertz CT molecular complexity index is 3070. The summed E-state index contributed by atoms with van der Waals surface area (Å²) in [6.07, 6.45) is 2.43. The molecule has 4 aromatic heterocycles. The van der Waals surface area contributed by atoms with Crippen molar-refractivity contribution in [2.75, 3.05) is 11.0 Å². The van der Waals surface area contributed by atoms with E-state index in [2.05, 4.69) is 20.1 Å². The van der Waals surface area contributed by atoms with Gasteiger partial charge in [-0.25, -0.2) is 31.6 Å². The third kappa shape index (κ3) is 7.32. The highest BCUT2D eigenvalue weighted by atomic mass is 35.5. The summed E-state index contributed by atoms with van der Waals surface area (Å²) >= 11 is 6.64. The minimum absolute atomic E-state index is 0.000667. The van der Waals surface area contributed by atoms with Crippen LogP contribution < -0.4 is 15.6 Å². The third-order valence-corrected chi connectivity index (χ3v) is 10.2. The number of aryl methyl sites for hydroxylation is 1. The number of hydrogen-bond acceptors (Lipinski definition) is 7. The number of fused-ring (bicyclic) bond motifs is 3. The maximum absolute atomic E-state index is 15.0. The number of aromatic nitrogens is 6. The van der Waals surface area contributed by atoms with E-state index in [4.69, 9.17) is 16.6 Å². The van der Waals surface area contributed by atoms with Crippen LogP contribution in [0, 0.1) is 17.5 Å². The zero-order valence-corrected chi connectivity index (χ0v) is 31.6. The van der Waals surface area contributed by atoms with Crippen LogP contribution in [0.5, 0.6) is 0 Å². The molecule has 12 nitrogen and oxygen atoms in total. The highest BCUT2D eigenvalue weighted by Crippen LogP contribution is 2.36. The number of sulfonamides is 1. The number of para-hydroxylation sites is 1. The first-order chi connectivity index (χ1) is 27.2. The molecule has 0 aliphatic carbocycles. The van der Waals surface area contributed by atoms with Crippen molar-refractivity contribution in [2.24, 2.45) is 7.05 Å². The molecule has 0 aliphatic rings. The number of pyridine rings is 1. The van der Waals surface area contributed by atoms with Gasteiger partial charge in [0.25, 0.3) is 5.56 Å². The molecule has 0 aliphatic heterocycles. The largest absolute Gasteiger partial charge is 0.344 e. The van der Waals surface area contributed by atoms with Gasteiger partial charge in [0.2, 0.25) is 15.9 Å². The van der Waals surface area contributed by atoms with Crippen molar-refractivity contribution in [1.29, 1.82) is 0 Å². The Hall–Kier alpha value is -6.52. The van der Waals surface area contributed by atoms with Crippen molar-refractivity contribution < 1.29 is 26.4 Å². The molecule has 8 aromatic rings. The number of benzene rings is 4. The van der Waals surface area contributed by atoms with E-state index in [1.807, 2.05) is 30.3 Å².